The van der Waals surface area contributed by atoms with Gasteiger partial charge in [0.1, 0.15) is 5.54 Å². The molecule has 9 nitrogen and oxygen atoms in total. The second-order valence-electron chi connectivity index (χ2n) is 6.81. The quantitative estimate of drug-likeness (QED) is 0.635. The second-order valence-corrected chi connectivity index (χ2v) is 9.20. The Balaban J connectivity index is 1.97. The molecule has 11 heteroatoms. The van der Waals surface area contributed by atoms with Crippen LogP contribution in [-0.4, -0.2) is 73.8 Å². The van der Waals surface area contributed by atoms with Crippen LogP contribution in [-0.2, 0) is 31.0 Å². The standard InChI is InChI=1S/C17H23ClN4O5S/c1-17(11-22(28(3,26)27)10-15(24)21(17)2)16(25)20-9-14(23)19-8-12-6-4-5-7-13(12)18/h4-7H,8-11H2,1-3H3,(H,19,23)(H,20,25). The molecule has 1 aliphatic heterocycles. The lowest BCUT2D eigenvalue weighted by atomic mass is 9.96. The summed E-state index contributed by atoms with van der Waals surface area (Å²) in [6, 6.07) is 7.04. The maximum atomic E-state index is 12.7. The van der Waals surface area contributed by atoms with E-state index < -0.39 is 33.3 Å². The van der Waals surface area contributed by atoms with Crippen LogP contribution in [0.4, 0.5) is 0 Å². The van der Waals surface area contributed by atoms with Gasteiger partial charge in [-0.3, -0.25) is 14.4 Å². The topological polar surface area (TPSA) is 116 Å². The number of nitrogens with one attached hydrogen (secondary N) is 2. The predicted octanol–water partition coefficient (Wildman–Crippen LogP) is -0.435. The van der Waals surface area contributed by atoms with Gasteiger partial charge in [-0.05, 0) is 18.6 Å². The number of amides is 3. The van der Waals surface area contributed by atoms with E-state index in [1.165, 1.54) is 18.9 Å². The first kappa shape index (κ1) is 22.1. The Bertz CT molecular complexity index is 891. The summed E-state index contributed by atoms with van der Waals surface area (Å²) in [4.78, 5) is 38.0. The third kappa shape index (κ3) is 5.00. The molecule has 154 valence electrons. The zero-order valence-corrected chi connectivity index (χ0v) is 17.4. The van der Waals surface area contributed by atoms with Crippen molar-refractivity contribution in [3.63, 3.8) is 0 Å². The molecule has 28 heavy (non-hydrogen) atoms. The number of hydrogen-bond acceptors (Lipinski definition) is 5. The van der Waals surface area contributed by atoms with Crippen molar-refractivity contribution in [2.75, 3.05) is 32.9 Å². The van der Waals surface area contributed by atoms with Gasteiger partial charge in [-0.1, -0.05) is 29.8 Å². The van der Waals surface area contributed by atoms with Crippen molar-refractivity contribution in [3.8, 4) is 0 Å². The van der Waals surface area contributed by atoms with Gasteiger partial charge >= 0.3 is 0 Å². The molecule has 1 atom stereocenters. The van der Waals surface area contributed by atoms with E-state index in [-0.39, 0.29) is 26.2 Å². The van der Waals surface area contributed by atoms with Crippen LogP contribution in [0.15, 0.2) is 24.3 Å². The fraction of sp³-hybridized carbons (Fsp3) is 0.471. The van der Waals surface area contributed by atoms with E-state index in [2.05, 4.69) is 10.6 Å². The molecule has 1 fully saturated rings. The smallest absolute Gasteiger partial charge is 0.247 e. The van der Waals surface area contributed by atoms with Gasteiger partial charge in [0.05, 0.1) is 19.3 Å². The Labute approximate surface area is 169 Å². The van der Waals surface area contributed by atoms with Crippen LogP contribution in [0.3, 0.4) is 0 Å². The highest BCUT2D eigenvalue weighted by Crippen LogP contribution is 2.22. The van der Waals surface area contributed by atoms with Crippen molar-refractivity contribution in [1.82, 2.24) is 19.8 Å². The molecule has 1 saturated heterocycles. The Morgan fingerprint density at radius 3 is 2.50 bits per heavy atom. The lowest BCUT2D eigenvalue weighted by Crippen LogP contribution is -2.68. The normalized spacial score (nSPS) is 20.7. The van der Waals surface area contributed by atoms with Crippen LogP contribution >= 0.6 is 11.6 Å². The van der Waals surface area contributed by atoms with Crippen molar-refractivity contribution in [1.29, 1.82) is 0 Å². The van der Waals surface area contributed by atoms with Crippen LogP contribution < -0.4 is 10.6 Å². The Morgan fingerprint density at radius 2 is 1.89 bits per heavy atom. The Kier molecular flexibility index (Phi) is 6.68. The number of nitrogens with zero attached hydrogens (tertiary/aromatic N) is 2. The zero-order chi connectivity index (χ0) is 21.1. The minimum Gasteiger partial charge on any atom is -0.350 e. The third-order valence-electron chi connectivity index (χ3n) is 4.71. The number of hydrogen-bond donors (Lipinski definition) is 2. The van der Waals surface area contributed by atoms with Crippen molar-refractivity contribution in [3.05, 3.63) is 34.9 Å². The van der Waals surface area contributed by atoms with Crippen molar-refractivity contribution in [2.45, 2.75) is 19.0 Å². The molecule has 1 unspecified atom stereocenters. The van der Waals surface area contributed by atoms with Crippen LogP contribution in [0.1, 0.15) is 12.5 Å². The van der Waals surface area contributed by atoms with Gasteiger partial charge < -0.3 is 15.5 Å². The number of likely N-dealkylation sites (N-methyl/N-ethyl adjacent to an activating group) is 1. The highest BCUT2D eigenvalue weighted by molar-refractivity contribution is 7.88. The summed E-state index contributed by atoms with van der Waals surface area (Å²) < 4.78 is 24.6. The molecular weight excluding hydrogens is 408 g/mol. The van der Waals surface area contributed by atoms with Crippen LogP contribution in [0, 0.1) is 0 Å². The third-order valence-corrected chi connectivity index (χ3v) is 6.28. The van der Waals surface area contributed by atoms with Crippen LogP contribution in [0.25, 0.3) is 0 Å². The fourth-order valence-corrected chi connectivity index (χ4v) is 3.78. The molecule has 2 N–H and O–H groups in total. The second kappa shape index (κ2) is 8.46. The molecule has 3 amide bonds. The molecule has 1 aromatic rings. The molecule has 0 bridgehead atoms. The van der Waals surface area contributed by atoms with E-state index in [0.29, 0.717) is 5.02 Å². The molecule has 0 radical (unpaired) electrons. The molecule has 0 aromatic heterocycles. The van der Waals surface area contributed by atoms with Gasteiger partial charge in [0.15, 0.2) is 0 Å². The van der Waals surface area contributed by atoms with Gasteiger partial charge in [-0.2, -0.15) is 4.31 Å². The van der Waals surface area contributed by atoms with Gasteiger partial charge in [0.25, 0.3) is 0 Å². The summed E-state index contributed by atoms with van der Waals surface area (Å²) in [5.74, 6) is -1.57. The minimum atomic E-state index is -3.65. The average molecular weight is 431 g/mol. The average Bonchev–Trinajstić information content (AvgIpc) is 2.62. The summed E-state index contributed by atoms with van der Waals surface area (Å²) in [7, 11) is -2.22. The molecule has 1 aliphatic rings. The first-order valence-corrected chi connectivity index (χ1v) is 10.7. The fourth-order valence-electron chi connectivity index (χ4n) is 2.75. The summed E-state index contributed by atoms with van der Waals surface area (Å²) in [6.45, 7) is 0.822. The molecule has 0 aliphatic carbocycles. The van der Waals surface area contributed by atoms with E-state index in [4.69, 9.17) is 11.6 Å². The lowest BCUT2D eigenvalue weighted by molar-refractivity contribution is -0.150. The Hall–Kier alpha value is -2.17. The number of carbonyl (C=O) groups excluding carboxylic acids is 3. The number of piperazine rings is 1. The monoisotopic (exact) mass is 430 g/mol. The van der Waals surface area contributed by atoms with E-state index in [1.54, 1.807) is 24.3 Å². The summed E-state index contributed by atoms with van der Waals surface area (Å²) in [5, 5.41) is 5.62. The summed E-state index contributed by atoms with van der Waals surface area (Å²) in [6.07, 6.45) is 0.978. The lowest BCUT2D eigenvalue weighted by Gasteiger charge is -2.44. The SMILES string of the molecule is CN1C(=O)CN(S(C)(=O)=O)CC1(C)C(=O)NCC(=O)NCc1ccccc1Cl. The predicted molar refractivity (Wildman–Crippen MR) is 104 cm³/mol. The number of rotatable bonds is 6. The van der Waals surface area contributed by atoms with Crippen LogP contribution in [0.5, 0.6) is 0 Å². The zero-order valence-electron chi connectivity index (χ0n) is 15.9. The molecule has 1 aromatic carbocycles. The van der Waals surface area contributed by atoms with Crippen molar-refractivity contribution >= 4 is 39.3 Å². The van der Waals surface area contributed by atoms with Gasteiger partial charge in [0.2, 0.25) is 27.7 Å². The Morgan fingerprint density at radius 1 is 1.25 bits per heavy atom. The molecule has 0 spiro atoms. The van der Waals surface area contributed by atoms with Gasteiger partial charge in [0, 0.05) is 25.2 Å². The highest BCUT2D eigenvalue weighted by atomic mass is 35.5. The molecule has 2 rings (SSSR count). The highest BCUT2D eigenvalue weighted by Gasteiger charge is 2.47. The van der Waals surface area contributed by atoms with Crippen LogP contribution in [0.2, 0.25) is 5.02 Å². The largest absolute Gasteiger partial charge is 0.350 e. The number of benzene rings is 1. The number of halogens is 1. The van der Waals surface area contributed by atoms with Crippen molar-refractivity contribution < 1.29 is 22.8 Å². The maximum absolute atomic E-state index is 12.7. The molecule has 0 saturated carbocycles. The molecular formula is C17H23ClN4O5S. The van der Waals surface area contributed by atoms with E-state index in [1.807, 2.05) is 0 Å². The van der Waals surface area contributed by atoms with E-state index in [9.17, 15) is 22.8 Å². The first-order valence-electron chi connectivity index (χ1n) is 8.45. The van der Waals surface area contributed by atoms with E-state index in [0.717, 1.165) is 16.1 Å². The number of sulfonamides is 1. The minimum absolute atomic E-state index is 0.193. The molecule has 1 heterocycles. The van der Waals surface area contributed by atoms with E-state index >= 15 is 0 Å². The summed E-state index contributed by atoms with van der Waals surface area (Å²) >= 11 is 6.02. The van der Waals surface area contributed by atoms with Gasteiger partial charge in [-0.25, -0.2) is 8.42 Å². The van der Waals surface area contributed by atoms with Gasteiger partial charge in [-0.15, -0.1) is 0 Å². The maximum Gasteiger partial charge on any atom is 0.247 e. The van der Waals surface area contributed by atoms with Crippen molar-refractivity contribution in [2.24, 2.45) is 0 Å². The summed E-state index contributed by atoms with van der Waals surface area (Å²) in [5.41, 5.74) is -0.696. The first-order chi connectivity index (χ1) is 12.9. The number of carbonyl (C=O) groups is 3.